The fourth-order valence-electron chi connectivity index (χ4n) is 2.46. The summed E-state index contributed by atoms with van der Waals surface area (Å²) in [7, 11) is 0.150. The van der Waals surface area contributed by atoms with E-state index in [-0.39, 0.29) is 12.2 Å². The van der Waals surface area contributed by atoms with E-state index in [4.69, 9.17) is 5.14 Å². The van der Waals surface area contributed by atoms with Crippen LogP contribution in [0.15, 0.2) is 52.4 Å². The average Bonchev–Trinajstić information content (AvgIpc) is 2.87. The summed E-state index contributed by atoms with van der Waals surface area (Å²) in [6.07, 6.45) is 1.54. The molecule has 0 spiro atoms. The second-order valence-corrected chi connectivity index (χ2v) is 7.37. The number of nitrogens with two attached hydrogens (primary N) is 1. The lowest BCUT2D eigenvalue weighted by Crippen LogP contribution is -2.11. The highest BCUT2D eigenvalue weighted by atomic mass is 32.2. The summed E-state index contributed by atoms with van der Waals surface area (Å²) in [6, 6.07) is 11.7. The summed E-state index contributed by atoms with van der Waals surface area (Å²) in [5.74, 6) is 0.0239. The van der Waals surface area contributed by atoms with E-state index in [9.17, 15) is 13.5 Å². The molecule has 7 nitrogen and oxygen atoms in total. The van der Waals surface area contributed by atoms with E-state index in [1.807, 2.05) is 37.2 Å². The fraction of sp³-hybridized carbons (Fsp3) is 0.118. The Labute approximate surface area is 147 Å². The molecular formula is C17H20N4O3S. The molecule has 132 valence electrons. The highest BCUT2D eigenvalue weighted by Crippen LogP contribution is 2.29. The molecule has 3 aromatic rings. The second-order valence-electron chi connectivity index (χ2n) is 5.81. The van der Waals surface area contributed by atoms with Gasteiger partial charge in [-0.05, 0) is 42.5 Å². The van der Waals surface area contributed by atoms with Crippen LogP contribution in [0.3, 0.4) is 0 Å². The number of fused-ring (bicyclic) bond motifs is 1. The smallest absolute Gasteiger partial charge is 0.238 e. The third-order valence-corrected chi connectivity index (χ3v) is 4.76. The number of aromatic nitrogens is 1. The molecular weight excluding hydrogens is 340 g/mol. The van der Waals surface area contributed by atoms with Gasteiger partial charge < -0.3 is 15.0 Å². The quantitative estimate of drug-likeness (QED) is 0.621. The molecule has 0 aliphatic heterocycles. The van der Waals surface area contributed by atoms with Gasteiger partial charge in [0, 0.05) is 38.3 Å². The maximum absolute atomic E-state index is 11.3. The Morgan fingerprint density at radius 2 is 1.88 bits per heavy atom. The molecule has 1 aromatic heterocycles. The van der Waals surface area contributed by atoms with Gasteiger partial charge in [0.2, 0.25) is 10.0 Å². The third-order valence-electron chi connectivity index (χ3n) is 3.83. The molecule has 0 radical (unpaired) electrons. The van der Waals surface area contributed by atoms with Crippen LogP contribution >= 0.6 is 0 Å². The Morgan fingerprint density at radius 1 is 1.20 bits per heavy atom. The number of hydrogen-bond donors (Lipinski definition) is 3. The number of aromatic amines is 1. The van der Waals surface area contributed by atoms with E-state index >= 15 is 0 Å². The van der Waals surface area contributed by atoms with Gasteiger partial charge in [0.05, 0.1) is 16.1 Å². The first kappa shape index (κ1) is 17.0. The zero-order valence-electron chi connectivity index (χ0n) is 13.8. The molecule has 3 rings (SSSR count). The van der Waals surface area contributed by atoms with Crippen molar-refractivity contribution in [1.82, 2.24) is 4.98 Å². The Morgan fingerprint density at radius 3 is 2.48 bits per heavy atom. The topological polar surface area (TPSA) is 112 Å². The molecule has 0 amide bonds. The standard InChI is InChI=1S/C17H18N4O3S.H2/c1-21(2)12-5-8-16-14(9-12)15(17(22)20-16)10-19-11-3-6-13(7-4-11)25(18,23)24;/h3-10,20,22H,1-2H3,(H2,18,23,24);1H. The number of H-pyrrole nitrogens is 1. The number of primary sulfonamides is 1. The van der Waals surface area contributed by atoms with Gasteiger partial charge in [-0.2, -0.15) is 0 Å². The molecule has 1 heterocycles. The van der Waals surface area contributed by atoms with E-state index < -0.39 is 10.0 Å². The van der Waals surface area contributed by atoms with Crippen LogP contribution in [0.4, 0.5) is 11.4 Å². The zero-order chi connectivity index (χ0) is 18.2. The summed E-state index contributed by atoms with van der Waals surface area (Å²) < 4.78 is 22.5. The number of rotatable bonds is 4. The maximum atomic E-state index is 11.3. The van der Waals surface area contributed by atoms with Gasteiger partial charge in [0.15, 0.2) is 5.88 Å². The Bertz CT molecular complexity index is 1060. The maximum Gasteiger partial charge on any atom is 0.238 e. The first-order valence-electron chi connectivity index (χ1n) is 7.44. The lowest BCUT2D eigenvalue weighted by Gasteiger charge is -2.11. The number of anilines is 1. The van der Waals surface area contributed by atoms with Crippen LogP contribution in [-0.4, -0.2) is 38.8 Å². The molecule has 0 saturated heterocycles. The van der Waals surface area contributed by atoms with Crippen molar-refractivity contribution in [2.45, 2.75) is 4.90 Å². The summed E-state index contributed by atoms with van der Waals surface area (Å²) in [6.45, 7) is 0. The van der Waals surface area contributed by atoms with E-state index in [0.717, 1.165) is 16.6 Å². The minimum Gasteiger partial charge on any atom is -0.494 e. The lowest BCUT2D eigenvalue weighted by molar-refractivity contribution is 0.457. The molecule has 0 bridgehead atoms. The zero-order valence-corrected chi connectivity index (χ0v) is 14.6. The summed E-state index contributed by atoms with van der Waals surface area (Å²) >= 11 is 0. The van der Waals surface area contributed by atoms with Gasteiger partial charge in [-0.25, -0.2) is 13.6 Å². The molecule has 0 fully saturated rings. The third kappa shape index (κ3) is 3.49. The van der Waals surface area contributed by atoms with Crippen molar-refractivity contribution in [3.63, 3.8) is 0 Å². The molecule has 0 aliphatic rings. The minimum atomic E-state index is -3.73. The van der Waals surface area contributed by atoms with Crippen LogP contribution < -0.4 is 10.0 Å². The van der Waals surface area contributed by atoms with Crippen LogP contribution in [0, 0.1) is 0 Å². The Hall–Kier alpha value is -2.84. The number of nitrogens with zero attached hydrogens (tertiary/aromatic N) is 2. The van der Waals surface area contributed by atoms with Gasteiger partial charge in [-0.1, -0.05) is 0 Å². The van der Waals surface area contributed by atoms with Crippen molar-refractivity contribution in [3.8, 4) is 5.88 Å². The number of sulfonamides is 1. The van der Waals surface area contributed by atoms with Crippen LogP contribution in [0.1, 0.15) is 6.99 Å². The first-order valence-corrected chi connectivity index (χ1v) is 8.99. The van der Waals surface area contributed by atoms with Crippen LogP contribution in [0.5, 0.6) is 5.88 Å². The van der Waals surface area contributed by atoms with Gasteiger partial charge in [-0.3, -0.25) is 4.99 Å². The SMILES string of the molecule is CN(C)c1ccc2[nH]c(O)c(C=Nc3ccc(S(N)(=O)=O)cc3)c2c1.[HH]. The van der Waals surface area contributed by atoms with Crippen LogP contribution in [0.2, 0.25) is 0 Å². The predicted octanol–water partition coefficient (Wildman–Crippen LogP) is 2.58. The predicted molar refractivity (Wildman–Crippen MR) is 101 cm³/mol. The molecule has 8 heteroatoms. The van der Waals surface area contributed by atoms with Crippen molar-refractivity contribution in [2.75, 3.05) is 19.0 Å². The van der Waals surface area contributed by atoms with Gasteiger partial charge in [0.25, 0.3) is 0 Å². The number of aromatic hydroxyl groups is 1. The van der Waals surface area contributed by atoms with Crippen molar-refractivity contribution in [1.29, 1.82) is 0 Å². The summed E-state index contributed by atoms with van der Waals surface area (Å²) in [4.78, 5) is 9.21. The van der Waals surface area contributed by atoms with Gasteiger partial charge >= 0.3 is 0 Å². The molecule has 0 atom stereocenters. The van der Waals surface area contributed by atoms with Crippen LogP contribution in [-0.2, 0) is 10.0 Å². The van der Waals surface area contributed by atoms with E-state index in [1.54, 1.807) is 18.3 Å². The number of nitrogens with one attached hydrogen (secondary N) is 1. The van der Waals surface area contributed by atoms with E-state index in [2.05, 4.69) is 9.98 Å². The molecule has 2 aromatic carbocycles. The minimum absolute atomic E-state index is 0. The van der Waals surface area contributed by atoms with Crippen molar-refractivity contribution in [3.05, 3.63) is 48.0 Å². The van der Waals surface area contributed by atoms with Crippen molar-refractivity contribution < 1.29 is 15.0 Å². The normalized spacial score (nSPS) is 12.1. The highest BCUT2D eigenvalue weighted by Gasteiger charge is 2.10. The number of hydrogen-bond acceptors (Lipinski definition) is 5. The molecule has 0 unspecified atom stereocenters. The summed E-state index contributed by atoms with van der Waals surface area (Å²) in [5.41, 5.74) is 2.91. The highest BCUT2D eigenvalue weighted by molar-refractivity contribution is 7.89. The second kappa shape index (κ2) is 6.23. The fourth-order valence-corrected chi connectivity index (χ4v) is 2.97. The van der Waals surface area contributed by atoms with Gasteiger partial charge in [0.1, 0.15) is 0 Å². The van der Waals surface area contributed by atoms with E-state index in [0.29, 0.717) is 11.3 Å². The summed E-state index contributed by atoms with van der Waals surface area (Å²) in [5, 5.41) is 16.0. The monoisotopic (exact) mass is 360 g/mol. The first-order chi connectivity index (χ1) is 11.8. The number of benzene rings is 2. The number of aliphatic imine (C=N–C) groups is 1. The van der Waals surface area contributed by atoms with Gasteiger partial charge in [-0.15, -0.1) is 0 Å². The Balaban J connectivity index is 0.00000243. The van der Waals surface area contributed by atoms with Crippen molar-refractivity contribution >= 4 is 38.5 Å². The lowest BCUT2D eigenvalue weighted by atomic mass is 10.1. The largest absolute Gasteiger partial charge is 0.494 e. The van der Waals surface area contributed by atoms with E-state index in [1.165, 1.54) is 12.1 Å². The molecule has 25 heavy (non-hydrogen) atoms. The Kier molecular flexibility index (Phi) is 4.23. The van der Waals surface area contributed by atoms with Crippen LogP contribution in [0.25, 0.3) is 10.9 Å². The molecule has 0 aliphatic carbocycles. The molecule has 4 N–H and O–H groups in total. The molecule has 0 saturated carbocycles. The van der Waals surface area contributed by atoms with Crippen molar-refractivity contribution in [2.24, 2.45) is 10.1 Å². The average molecular weight is 360 g/mol.